The monoisotopic (exact) mass is 700 g/mol. The van der Waals surface area contributed by atoms with Gasteiger partial charge in [-0.05, 0) is 49.8 Å². The van der Waals surface area contributed by atoms with Gasteiger partial charge in [-0.2, -0.15) is 0 Å². The Morgan fingerprint density at radius 1 is 0.449 bits per heavy atom. The number of hydrogen-bond donors (Lipinski definition) is 0. The van der Waals surface area contributed by atoms with Gasteiger partial charge >= 0.3 is 23.9 Å². The summed E-state index contributed by atoms with van der Waals surface area (Å²) >= 11 is 0. The smallest absolute Gasteiger partial charge is 0.314 e. The van der Waals surface area contributed by atoms with Gasteiger partial charge in [0.15, 0.2) is 0 Å². The van der Waals surface area contributed by atoms with E-state index in [1.165, 1.54) is 27.7 Å². The molecule has 24 nitrogen and oxygen atoms in total. The Labute approximate surface area is 280 Å². The van der Waals surface area contributed by atoms with Crippen LogP contribution in [0.2, 0.25) is 0 Å². The highest BCUT2D eigenvalue weighted by Gasteiger charge is 2.33. The van der Waals surface area contributed by atoms with E-state index < -0.39 is 53.5 Å². The molecule has 0 aliphatic rings. The molecule has 0 aromatic rings. The summed E-state index contributed by atoms with van der Waals surface area (Å²) in [6.45, 7) is 3.78. The van der Waals surface area contributed by atoms with Gasteiger partial charge in [-0.3, -0.25) is 19.2 Å². The van der Waals surface area contributed by atoms with E-state index >= 15 is 0 Å². The first kappa shape index (κ1) is 44.0. The molecule has 0 fully saturated rings. The minimum Gasteiger partial charge on any atom is -0.463 e. The van der Waals surface area contributed by atoms with Crippen molar-refractivity contribution in [1.82, 2.24) is 0 Å². The van der Waals surface area contributed by atoms with E-state index in [2.05, 4.69) is 40.1 Å². The van der Waals surface area contributed by atoms with Crippen LogP contribution in [-0.4, -0.2) is 127 Å². The molecule has 4 atom stereocenters. The number of carbonyl (C=O) groups excluding carboxylic acids is 4. The first-order valence-electron chi connectivity index (χ1n) is 14.6. The summed E-state index contributed by atoms with van der Waals surface area (Å²) in [5.41, 5.74) is 32.8. The Kier molecular flexibility index (Phi) is 24.2. The maximum absolute atomic E-state index is 11.9. The zero-order valence-corrected chi connectivity index (χ0v) is 27.6. The van der Waals surface area contributed by atoms with Crippen molar-refractivity contribution in [1.29, 1.82) is 0 Å². The Balaban J connectivity index is 5.57. The molecular formula is C25H40N12O12. The van der Waals surface area contributed by atoms with Gasteiger partial charge in [0.2, 0.25) is 0 Å². The second-order valence-corrected chi connectivity index (χ2v) is 9.90. The third kappa shape index (κ3) is 20.7. The predicted octanol–water partition coefficient (Wildman–Crippen LogP) is 3.01. The van der Waals surface area contributed by atoms with Crippen LogP contribution in [0.25, 0.3) is 41.8 Å². The van der Waals surface area contributed by atoms with Crippen molar-refractivity contribution in [2.75, 3.05) is 79.3 Å². The lowest BCUT2D eigenvalue weighted by molar-refractivity contribution is -0.152. The van der Waals surface area contributed by atoms with Crippen LogP contribution in [-0.2, 0) is 57.1 Å². The number of azide groups is 4. The minimum atomic E-state index is -1.10. The van der Waals surface area contributed by atoms with Gasteiger partial charge in [0.25, 0.3) is 0 Å². The van der Waals surface area contributed by atoms with Gasteiger partial charge < -0.3 is 37.9 Å². The summed E-state index contributed by atoms with van der Waals surface area (Å²) < 4.78 is 43.1. The fraction of sp³-hybridized carbons (Fsp3) is 0.840. The molecule has 0 aliphatic heterocycles. The van der Waals surface area contributed by atoms with Crippen LogP contribution in [0.3, 0.4) is 0 Å². The molecule has 0 heterocycles. The fourth-order valence-corrected chi connectivity index (χ4v) is 3.19. The molecule has 0 spiro atoms. The summed E-state index contributed by atoms with van der Waals surface area (Å²) in [6.07, 6.45) is 0. The van der Waals surface area contributed by atoms with Crippen LogP contribution < -0.4 is 0 Å². The standard InChI is InChI=1S/C25H40N12O12/c1-17(30-34-26)21(38)46-9-5-42-13-25(14-43-6-10-47-22(39)18(2)31-35-27,15-44-7-11-48-23(40)19(3)32-36-28)16-45-8-12-49-24(41)20(4)33-37-29/h17-20H,5-16H2,1-4H3. The number of esters is 4. The molecule has 0 aliphatic carbocycles. The molecule has 0 bridgehead atoms. The van der Waals surface area contributed by atoms with Crippen molar-refractivity contribution < 1.29 is 57.1 Å². The van der Waals surface area contributed by atoms with E-state index in [0.29, 0.717) is 0 Å². The maximum atomic E-state index is 11.9. The number of nitrogens with zero attached hydrogens (tertiary/aromatic N) is 12. The van der Waals surface area contributed by atoms with Crippen molar-refractivity contribution in [3.8, 4) is 0 Å². The fourth-order valence-electron chi connectivity index (χ4n) is 3.19. The van der Waals surface area contributed by atoms with Crippen molar-refractivity contribution in [3.05, 3.63) is 41.8 Å². The van der Waals surface area contributed by atoms with E-state index in [1.807, 2.05) is 0 Å². The molecule has 0 aromatic heterocycles. The molecule has 24 heteroatoms. The highest BCUT2D eigenvalue weighted by atomic mass is 16.6. The van der Waals surface area contributed by atoms with E-state index in [4.69, 9.17) is 60.0 Å². The second-order valence-electron chi connectivity index (χ2n) is 9.90. The lowest BCUT2D eigenvalue weighted by Crippen LogP contribution is -2.43. The average molecular weight is 701 g/mol. The Morgan fingerprint density at radius 2 is 0.653 bits per heavy atom. The molecule has 0 aromatic carbocycles. The molecule has 0 radical (unpaired) electrons. The molecule has 0 amide bonds. The third-order valence-electron chi connectivity index (χ3n) is 5.78. The number of hydrogen-bond acceptors (Lipinski definition) is 16. The van der Waals surface area contributed by atoms with Crippen molar-refractivity contribution in [2.24, 2.45) is 25.9 Å². The van der Waals surface area contributed by atoms with E-state index in [-0.39, 0.29) is 79.3 Å². The lowest BCUT2D eigenvalue weighted by atomic mass is 9.92. The average Bonchev–Trinajstić information content (AvgIpc) is 3.07. The van der Waals surface area contributed by atoms with Crippen molar-refractivity contribution in [2.45, 2.75) is 51.9 Å². The van der Waals surface area contributed by atoms with Crippen LogP contribution in [0.5, 0.6) is 0 Å². The van der Waals surface area contributed by atoms with Gasteiger partial charge in [0, 0.05) is 19.6 Å². The van der Waals surface area contributed by atoms with Gasteiger partial charge in [0.1, 0.15) is 50.6 Å². The van der Waals surface area contributed by atoms with E-state index in [9.17, 15) is 19.2 Å². The summed E-state index contributed by atoms with van der Waals surface area (Å²) in [5.74, 6) is -3.05. The SMILES string of the molecule is CC(N=[N+]=[N-])C(=O)OCCOCC(COCCOC(=O)C(C)N=[N+]=[N-])(COCCOC(=O)C(C)N=[N+]=[N-])COCCOC(=O)C(C)N=[N+]=[N-]. The molecule has 272 valence electrons. The predicted molar refractivity (Wildman–Crippen MR) is 164 cm³/mol. The minimum absolute atomic E-state index is 0.102. The number of carbonyl (C=O) groups is 4. The Morgan fingerprint density at radius 3 is 0.837 bits per heavy atom. The quantitative estimate of drug-likeness (QED) is 0.0284. The van der Waals surface area contributed by atoms with Gasteiger partial charge in [0.05, 0.1) is 58.3 Å². The summed E-state index contributed by atoms with van der Waals surface area (Å²) in [4.78, 5) is 57.8. The van der Waals surface area contributed by atoms with E-state index in [0.717, 1.165) is 0 Å². The molecule has 0 rings (SSSR count). The van der Waals surface area contributed by atoms with Crippen LogP contribution in [0.4, 0.5) is 0 Å². The van der Waals surface area contributed by atoms with E-state index in [1.54, 1.807) is 0 Å². The third-order valence-corrected chi connectivity index (χ3v) is 5.78. The van der Waals surface area contributed by atoms with Crippen LogP contribution in [0, 0.1) is 5.41 Å². The van der Waals surface area contributed by atoms with Crippen molar-refractivity contribution >= 4 is 23.9 Å². The first-order valence-corrected chi connectivity index (χ1v) is 14.6. The normalized spacial score (nSPS) is 14.0. The van der Waals surface area contributed by atoms with Crippen LogP contribution in [0.15, 0.2) is 20.5 Å². The van der Waals surface area contributed by atoms with Gasteiger partial charge in [-0.1, -0.05) is 20.5 Å². The highest BCUT2D eigenvalue weighted by Crippen LogP contribution is 2.21. The summed E-state index contributed by atoms with van der Waals surface area (Å²) in [5, 5.41) is 13.0. The molecule has 0 N–H and O–H groups in total. The van der Waals surface area contributed by atoms with Crippen LogP contribution in [0.1, 0.15) is 27.7 Å². The lowest BCUT2D eigenvalue weighted by Gasteiger charge is -2.33. The van der Waals surface area contributed by atoms with Crippen molar-refractivity contribution in [3.63, 3.8) is 0 Å². The number of ether oxygens (including phenoxy) is 8. The molecule has 0 saturated heterocycles. The molecule has 0 saturated carbocycles. The summed E-state index contributed by atoms with van der Waals surface area (Å²) in [7, 11) is 0. The Hall–Kier alpha value is -5.04. The van der Waals surface area contributed by atoms with Gasteiger partial charge in [-0.25, -0.2) is 0 Å². The topological polar surface area (TPSA) is 337 Å². The molecule has 4 unspecified atom stereocenters. The van der Waals surface area contributed by atoms with Crippen LogP contribution >= 0.6 is 0 Å². The first-order chi connectivity index (χ1) is 23.5. The largest absolute Gasteiger partial charge is 0.463 e. The number of rotatable bonds is 28. The van der Waals surface area contributed by atoms with Gasteiger partial charge in [-0.15, -0.1) is 0 Å². The zero-order valence-electron chi connectivity index (χ0n) is 27.6. The molecule has 49 heavy (non-hydrogen) atoms. The molecular weight excluding hydrogens is 660 g/mol. The maximum Gasteiger partial charge on any atom is 0.314 e. The Bertz CT molecular complexity index is 1060. The highest BCUT2D eigenvalue weighted by molar-refractivity contribution is 5.76. The second kappa shape index (κ2) is 27.0. The summed E-state index contributed by atoms with van der Waals surface area (Å²) in [6, 6.07) is -4.18. The zero-order chi connectivity index (χ0) is 36.9.